The monoisotopic (exact) mass is 443 g/mol. The lowest BCUT2D eigenvalue weighted by atomic mass is 10.2. The lowest BCUT2D eigenvalue weighted by Gasteiger charge is -2.33. The zero-order valence-electron chi connectivity index (χ0n) is 16.4. The summed E-state index contributed by atoms with van der Waals surface area (Å²) in [7, 11) is -3.83. The number of phenolic OH excluding ortho intramolecular Hbond substituents is 1. The molecule has 3 aromatic rings. The number of sulfonamides is 1. The molecule has 2 aromatic carbocycles. The minimum atomic E-state index is -3.83. The Kier molecular flexibility index (Phi) is 5.59. The Morgan fingerprint density at radius 3 is 2.47 bits per heavy atom. The summed E-state index contributed by atoms with van der Waals surface area (Å²) in [5, 5.41) is 12.5. The highest BCUT2D eigenvalue weighted by atomic mass is 32.2. The maximum Gasteiger partial charge on any atom is 0.273 e. The predicted molar refractivity (Wildman–Crippen MR) is 115 cm³/mol. The fourth-order valence-electron chi connectivity index (χ4n) is 3.35. The molecular formula is C21H21N3O4S2. The van der Waals surface area contributed by atoms with Crippen LogP contribution in [0.2, 0.25) is 0 Å². The van der Waals surface area contributed by atoms with Crippen molar-refractivity contribution in [2.24, 2.45) is 0 Å². The second kappa shape index (κ2) is 8.17. The third-order valence-electron chi connectivity index (χ3n) is 5.00. The minimum Gasteiger partial charge on any atom is -0.507 e. The molecule has 0 unspecified atom stereocenters. The van der Waals surface area contributed by atoms with E-state index in [0.29, 0.717) is 5.69 Å². The Morgan fingerprint density at radius 1 is 1.07 bits per heavy atom. The molecule has 0 aliphatic carbocycles. The normalized spacial score (nSPS) is 15.3. The molecule has 0 radical (unpaired) electrons. The molecule has 1 aliphatic heterocycles. The average Bonchev–Trinajstić information content (AvgIpc) is 3.26. The quantitative estimate of drug-likeness (QED) is 0.669. The van der Waals surface area contributed by atoms with Gasteiger partial charge >= 0.3 is 0 Å². The number of amides is 1. The van der Waals surface area contributed by atoms with Crippen molar-refractivity contribution >= 4 is 27.3 Å². The van der Waals surface area contributed by atoms with Crippen molar-refractivity contribution in [1.29, 1.82) is 0 Å². The van der Waals surface area contributed by atoms with Gasteiger partial charge in [0.05, 0.1) is 0 Å². The van der Waals surface area contributed by atoms with Crippen molar-refractivity contribution in [2.75, 3.05) is 26.2 Å². The second-order valence-corrected chi connectivity index (χ2v) is 9.84. The van der Waals surface area contributed by atoms with E-state index in [1.165, 1.54) is 27.8 Å². The summed E-state index contributed by atoms with van der Waals surface area (Å²) in [5.41, 5.74) is 2.07. The van der Waals surface area contributed by atoms with Crippen LogP contribution >= 0.6 is 11.3 Å². The number of piperazine rings is 1. The molecule has 1 fully saturated rings. The van der Waals surface area contributed by atoms with Gasteiger partial charge in [-0.1, -0.05) is 36.4 Å². The van der Waals surface area contributed by atoms with Crippen LogP contribution in [-0.2, 0) is 10.0 Å². The molecule has 9 heteroatoms. The first-order valence-electron chi connectivity index (χ1n) is 9.46. The molecular weight excluding hydrogens is 422 g/mol. The van der Waals surface area contributed by atoms with Gasteiger partial charge in [0, 0.05) is 37.1 Å². The van der Waals surface area contributed by atoms with Crippen LogP contribution in [-0.4, -0.2) is 59.8 Å². The third-order valence-corrected chi connectivity index (χ3v) is 7.82. The van der Waals surface area contributed by atoms with Gasteiger partial charge in [-0.2, -0.15) is 4.31 Å². The van der Waals surface area contributed by atoms with E-state index >= 15 is 0 Å². The zero-order chi connectivity index (χ0) is 21.3. The van der Waals surface area contributed by atoms with Gasteiger partial charge in [0.15, 0.2) is 0 Å². The maximum atomic E-state index is 12.9. The smallest absolute Gasteiger partial charge is 0.273 e. The van der Waals surface area contributed by atoms with Crippen LogP contribution in [0.1, 0.15) is 16.1 Å². The van der Waals surface area contributed by atoms with Crippen molar-refractivity contribution in [3.63, 3.8) is 0 Å². The number of thiazole rings is 1. The van der Waals surface area contributed by atoms with Gasteiger partial charge in [0.25, 0.3) is 5.91 Å². The number of nitrogens with zero attached hydrogens (tertiary/aromatic N) is 3. The van der Waals surface area contributed by atoms with Crippen LogP contribution in [0.15, 0.2) is 58.8 Å². The molecule has 156 valence electrons. The van der Waals surface area contributed by atoms with Gasteiger partial charge in [-0.25, -0.2) is 13.4 Å². The zero-order valence-corrected chi connectivity index (χ0v) is 18.0. The molecule has 1 aliphatic rings. The topological polar surface area (TPSA) is 90.8 Å². The lowest BCUT2D eigenvalue weighted by Crippen LogP contribution is -2.50. The van der Waals surface area contributed by atoms with E-state index in [9.17, 15) is 18.3 Å². The summed E-state index contributed by atoms with van der Waals surface area (Å²) < 4.78 is 27.1. The first kappa shape index (κ1) is 20.5. The van der Waals surface area contributed by atoms with Gasteiger partial charge in [-0.05, 0) is 24.6 Å². The number of rotatable bonds is 4. The van der Waals surface area contributed by atoms with Gasteiger partial charge in [-0.15, -0.1) is 11.3 Å². The number of hydrogen-bond acceptors (Lipinski definition) is 6. The number of phenols is 1. The van der Waals surface area contributed by atoms with Gasteiger partial charge in [-0.3, -0.25) is 4.79 Å². The van der Waals surface area contributed by atoms with E-state index in [1.54, 1.807) is 23.3 Å². The standard InChI is InChI=1S/C21H21N3O4S2/c1-15-7-8-18(25)19(13-15)30(27,28)24-11-9-23(10-12-24)21(26)17-14-29-20(22-17)16-5-3-2-4-6-16/h2-8,13-14,25H,9-12H2,1H3. The number of carbonyl (C=O) groups excluding carboxylic acids is 1. The molecule has 2 heterocycles. The average molecular weight is 444 g/mol. The van der Waals surface area contributed by atoms with Crippen molar-refractivity contribution in [1.82, 2.24) is 14.2 Å². The van der Waals surface area contributed by atoms with Crippen LogP contribution in [0.4, 0.5) is 0 Å². The highest BCUT2D eigenvalue weighted by molar-refractivity contribution is 7.89. The summed E-state index contributed by atoms with van der Waals surface area (Å²) >= 11 is 1.41. The number of aromatic hydroxyl groups is 1. The Bertz CT molecular complexity index is 1170. The van der Waals surface area contributed by atoms with Crippen molar-refractivity contribution in [2.45, 2.75) is 11.8 Å². The summed E-state index contributed by atoms with van der Waals surface area (Å²) in [5.74, 6) is -0.473. The molecule has 1 amide bonds. The molecule has 1 aromatic heterocycles. The molecule has 4 rings (SSSR count). The van der Waals surface area contributed by atoms with E-state index in [0.717, 1.165) is 16.1 Å². The SMILES string of the molecule is Cc1ccc(O)c(S(=O)(=O)N2CCN(C(=O)c3csc(-c4ccccc4)n3)CC2)c1. The molecule has 0 atom stereocenters. The number of hydrogen-bond donors (Lipinski definition) is 1. The molecule has 1 N–H and O–H groups in total. The first-order chi connectivity index (χ1) is 14.4. The van der Waals surface area contributed by atoms with E-state index in [2.05, 4.69) is 4.98 Å². The molecule has 7 nitrogen and oxygen atoms in total. The largest absolute Gasteiger partial charge is 0.507 e. The van der Waals surface area contributed by atoms with Crippen molar-refractivity contribution in [3.05, 3.63) is 65.2 Å². The number of aryl methyl sites for hydroxylation is 1. The number of carbonyl (C=O) groups is 1. The van der Waals surface area contributed by atoms with E-state index in [4.69, 9.17) is 0 Å². The van der Waals surface area contributed by atoms with Crippen LogP contribution in [0, 0.1) is 6.92 Å². The first-order valence-corrected chi connectivity index (χ1v) is 11.8. The fourth-order valence-corrected chi connectivity index (χ4v) is 5.74. The fraction of sp³-hybridized carbons (Fsp3) is 0.238. The lowest BCUT2D eigenvalue weighted by molar-refractivity contribution is 0.0692. The molecule has 0 spiro atoms. The predicted octanol–water partition coefficient (Wildman–Crippen LogP) is 2.97. The molecule has 0 saturated carbocycles. The second-order valence-electron chi connectivity index (χ2n) is 7.07. The summed E-state index contributed by atoms with van der Waals surface area (Å²) in [6.07, 6.45) is 0. The van der Waals surface area contributed by atoms with Crippen LogP contribution < -0.4 is 0 Å². The van der Waals surface area contributed by atoms with Gasteiger partial charge in [0.2, 0.25) is 10.0 Å². The minimum absolute atomic E-state index is 0.103. The molecule has 1 saturated heterocycles. The highest BCUT2D eigenvalue weighted by Crippen LogP contribution is 2.28. The molecule has 0 bridgehead atoms. The Labute approximate surface area is 179 Å². The summed E-state index contributed by atoms with van der Waals surface area (Å²) in [4.78, 5) is 18.8. The molecule has 30 heavy (non-hydrogen) atoms. The van der Waals surface area contributed by atoms with Crippen LogP contribution in [0.25, 0.3) is 10.6 Å². The van der Waals surface area contributed by atoms with Gasteiger partial charge < -0.3 is 10.0 Å². The third kappa shape index (κ3) is 3.96. The van der Waals surface area contributed by atoms with Crippen LogP contribution in [0.3, 0.4) is 0 Å². The Balaban J connectivity index is 1.45. The van der Waals surface area contributed by atoms with Crippen LogP contribution in [0.5, 0.6) is 5.75 Å². The highest BCUT2D eigenvalue weighted by Gasteiger charge is 2.32. The summed E-state index contributed by atoms with van der Waals surface area (Å²) in [6, 6.07) is 14.1. The summed E-state index contributed by atoms with van der Waals surface area (Å²) in [6.45, 7) is 2.63. The van der Waals surface area contributed by atoms with E-state index in [1.807, 2.05) is 30.3 Å². The van der Waals surface area contributed by atoms with Crippen molar-refractivity contribution < 1.29 is 18.3 Å². The van der Waals surface area contributed by atoms with E-state index < -0.39 is 10.0 Å². The Hall–Kier alpha value is -2.75. The van der Waals surface area contributed by atoms with Crippen molar-refractivity contribution in [3.8, 4) is 16.3 Å². The number of aromatic nitrogens is 1. The van der Waals surface area contributed by atoms with Gasteiger partial charge in [0.1, 0.15) is 21.3 Å². The Morgan fingerprint density at radius 2 is 1.77 bits per heavy atom. The number of benzene rings is 2. The maximum absolute atomic E-state index is 12.9. The van der Waals surface area contributed by atoms with E-state index in [-0.39, 0.29) is 42.7 Å².